The molecule has 3 nitrogen and oxygen atoms in total. The van der Waals surface area contributed by atoms with Crippen molar-refractivity contribution < 1.29 is 0 Å². The number of anilines is 1. The van der Waals surface area contributed by atoms with Gasteiger partial charge in [0.1, 0.15) is 0 Å². The molecule has 0 saturated carbocycles. The summed E-state index contributed by atoms with van der Waals surface area (Å²) in [4.78, 5) is 4.78. The molecule has 0 aliphatic heterocycles. The van der Waals surface area contributed by atoms with Crippen LogP contribution >= 0.6 is 24.8 Å². The van der Waals surface area contributed by atoms with Gasteiger partial charge in [0.25, 0.3) is 0 Å². The Morgan fingerprint density at radius 1 is 0.667 bits per heavy atom. The van der Waals surface area contributed by atoms with Crippen molar-refractivity contribution >= 4 is 52.3 Å². The third-order valence-corrected chi connectivity index (χ3v) is 4.77. The van der Waals surface area contributed by atoms with E-state index in [1.807, 2.05) is 0 Å². The van der Waals surface area contributed by atoms with E-state index in [0.717, 1.165) is 24.1 Å². The van der Waals surface area contributed by atoms with Gasteiger partial charge in [-0.2, -0.15) is 0 Å². The summed E-state index contributed by atoms with van der Waals surface area (Å²) in [5.74, 6) is 0. The molecule has 0 radical (unpaired) electrons. The lowest BCUT2D eigenvalue weighted by molar-refractivity contribution is 0.588. The van der Waals surface area contributed by atoms with Gasteiger partial charge in [-0.05, 0) is 31.5 Å². The molecular weight excluding hydrogens is 377 g/mol. The number of aromatic nitrogens is 1. The number of nitrogens with two attached hydrogens (primary N) is 1. The Morgan fingerprint density at radius 2 is 1.15 bits per heavy atom. The van der Waals surface area contributed by atoms with Gasteiger partial charge in [-0.25, -0.2) is 4.98 Å². The Balaban J connectivity index is 0.00000182. The second-order valence-electron chi connectivity index (χ2n) is 6.71. The highest BCUT2D eigenvalue weighted by Gasteiger charge is 2.07. The minimum atomic E-state index is 0. The summed E-state index contributed by atoms with van der Waals surface area (Å²) in [5.41, 5.74) is 8.87. The Kier molecular flexibility index (Phi) is 11.1. The fourth-order valence-electron chi connectivity index (χ4n) is 3.40. The first-order valence-corrected chi connectivity index (χ1v) is 9.61. The molecule has 0 aliphatic carbocycles. The monoisotopic (exact) mass is 407 g/mol. The number of benzene rings is 2. The van der Waals surface area contributed by atoms with Crippen molar-refractivity contribution in [1.82, 2.24) is 4.98 Å². The van der Waals surface area contributed by atoms with E-state index in [-0.39, 0.29) is 24.8 Å². The fourth-order valence-corrected chi connectivity index (χ4v) is 3.40. The normalized spacial score (nSPS) is 10.4. The number of unbranched alkanes of at least 4 members (excludes halogenated alkanes) is 6. The van der Waals surface area contributed by atoms with Crippen molar-refractivity contribution in [3.05, 3.63) is 48.5 Å². The molecule has 0 bridgehead atoms. The number of fused-ring (bicyclic) bond motifs is 2. The predicted octanol–water partition coefficient (Wildman–Crippen LogP) is 6.33. The van der Waals surface area contributed by atoms with Gasteiger partial charge in [-0.1, -0.05) is 68.5 Å². The smallest absolute Gasteiger partial charge is 0.0730 e. The standard InChI is InChI=1S/C22H29N3.2ClH/c23-16-10-4-2-1-3-5-11-17-24-22-18-12-6-8-14-20(18)25-21-15-9-7-13-19(21)22;;/h6-9,12-15H,1-5,10-11,16-17,23H2,(H,24,25);2*1H. The lowest BCUT2D eigenvalue weighted by Crippen LogP contribution is -2.03. The molecule has 3 rings (SSSR count). The topological polar surface area (TPSA) is 50.9 Å². The van der Waals surface area contributed by atoms with Crippen molar-refractivity contribution in [2.24, 2.45) is 5.73 Å². The Morgan fingerprint density at radius 3 is 1.70 bits per heavy atom. The number of nitrogens with zero attached hydrogens (tertiary/aromatic N) is 1. The van der Waals surface area contributed by atoms with Gasteiger partial charge in [-0.15, -0.1) is 24.8 Å². The summed E-state index contributed by atoms with van der Waals surface area (Å²) in [6, 6.07) is 16.8. The minimum Gasteiger partial charge on any atom is -0.384 e. The highest BCUT2D eigenvalue weighted by Crippen LogP contribution is 2.30. The van der Waals surface area contributed by atoms with E-state index in [1.54, 1.807) is 0 Å². The number of para-hydroxylation sites is 2. The van der Waals surface area contributed by atoms with Crippen molar-refractivity contribution in [2.45, 2.75) is 44.9 Å². The third-order valence-electron chi connectivity index (χ3n) is 4.77. The molecule has 27 heavy (non-hydrogen) atoms. The number of pyridine rings is 1. The first-order valence-electron chi connectivity index (χ1n) is 9.61. The van der Waals surface area contributed by atoms with Gasteiger partial charge in [0.2, 0.25) is 0 Å². The molecule has 0 aliphatic rings. The molecule has 1 heterocycles. The van der Waals surface area contributed by atoms with E-state index in [0.29, 0.717) is 0 Å². The van der Waals surface area contributed by atoms with Crippen LogP contribution in [0.1, 0.15) is 44.9 Å². The number of hydrogen-bond acceptors (Lipinski definition) is 3. The maximum atomic E-state index is 5.53. The first-order chi connectivity index (χ1) is 12.4. The lowest BCUT2D eigenvalue weighted by Gasteiger charge is -2.13. The zero-order chi connectivity index (χ0) is 17.3. The molecule has 5 heteroatoms. The van der Waals surface area contributed by atoms with Gasteiger partial charge in [-0.3, -0.25) is 0 Å². The van der Waals surface area contributed by atoms with Gasteiger partial charge in [0, 0.05) is 17.3 Å². The van der Waals surface area contributed by atoms with Crippen LogP contribution in [0.25, 0.3) is 21.8 Å². The summed E-state index contributed by atoms with van der Waals surface area (Å²) >= 11 is 0. The summed E-state index contributed by atoms with van der Waals surface area (Å²) < 4.78 is 0. The SMILES string of the molecule is Cl.Cl.NCCCCCCCCCNc1c2ccccc2nc2ccccc12. The van der Waals surface area contributed by atoms with E-state index in [1.165, 1.54) is 61.4 Å². The van der Waals surface area contributed by atoms with E-state index < -0.39 is 0 Å². The number of nitrogens with one attached hydrogen (secondary N) is 1. The number of rotatable bonds is 10. The second kappa shape index (κ2) is 12.8. The maximum Gasteiger partial charge on any atom is 0.0730 e. The summed E-state index contributed by atoms with van der Waals surface area (Å²) in [7, 11) is 0. The van der Waals surface area contributed by atoms with Crippen LogP contribution < -0.4 is 11.1 Å². The van der Waals surface area contributed by atoms with Crippen LogP contribution in [-0.2, 0) is 0 Å². The molecule has 0 unspecified atom stereocenters. The molecule has 3 aromatic rings. The summed E-state index contributed by atoms with van der Waals surface area (Å²) in [6.45, 7) is 1.85. The molecule has 3 N–H and O–H groups in total. The van der Waals surface area contributed by atoms with Crippen molar-refractivity contribution in [2.75, 3.05) is 18.4 Å². The average molecular weight is 408 g/mol. The molecule has 0 fully saturated rings. The van der Waals surface area contributed by atoms with Gasteiger partial charge >= 0.3 is 0 Å². The van der Waals surface area contributed by atoms with E-state index >= 15 is 0 Å². The van der Waals surface area contributed by atoms with Crippen LogP contribution in [0.5, 0.6) is 0 Å². The van der Waals surface area contributed by atoms with Crippen LogP contribution in [0.15, 0.2) is 48.5 Å². The van der Waals surface area contributed by atoms with Crippen molar-refractivity contribution in [1.29, 1.82) is 0 Å². The minimum absolute atomic E-state index is 0. The molecule has 0 amide bonds. The molecular formula is C22H31Cl2N3. The zero-order valence-electron chi connectivity index (χ0n) is 15.8. The van der Waals surface area contributed by atoms with Gasteiger partial charge in [0.15, 0.2) is 0 Å². The summed E-state index contributed by atoms with van der Waals surface area (Å²) in [6.07, 6.45) is 8.93. The molecule has 0 atom stereocenters. The van der Waals surface area contributed by atoms with Crippen LogP contribution in [-0.4, -0.2) is 18.1 Å². The largest absolute Gasteiger partial charge is 0.384 e. The van der Waals surface area contributed by atoms with Crippen LogP contribution in [0.2, 0.25) is 0 Å². The van der Waals surface area contributed by atoms with Crippen molar-refractivity contribution in [3.63, 3.8) is 0 Å². The zero-order valence-corrected chi connectivity index (χ0v) is 17.5. The summed E-state index contributed by atoms with van der Waals surface area (Å²) in [5, 5.41) is 6.11. The Labute approximate surface area is 174 Å². The first kappa shape index (κ1) is 23.5. The van der Waals surface area contributed by atoms with Crippen molar-refractivity contribution in [3.8, 4) is 0 Å². The number of hydrogen-bond donors (Lipinski definition) is 2. The third kappa shape index (κ3) is 6.53. The fraction of sp³-hybridized carbons (Fsp3) is 0.409. The quantitative estimate of drug-likeness (QED) is 0.304. The van der Waals surface area contributed by atoms with Crippen LogP contribution in [0.3, 0.4) is 0 Å². The highest BCUT2D eigenvalue weighted by atomic mass is 35.5. The maximum absolute atomic E-state index is 5.53. The molecule has 2 aromatic carbocycles. The molecule has 1 aromatic heterocycles. The Bertz CT molecular complexity index is 754. The van der Waals surface area contributed by atoms with E-state index in [9.17, 15) is 0 Å². The van der Waals surface area contributed by atoms with E-state index in [4.69, 9.17) is 10.7 Å². The second-order valence-corrected chi connectivity index (χ2v) is 6.71. The predicted molar refractivity (Wildman–Crippen MR) is 124 cm³/mol. The average Bonchev–Trinajstić information content (AvgIpc) is 2.66. The molecule has 148 valence electrons. The lowest BCUT2D eigenvalue weighted by atomic mass is 10.1. The molecule has 0 saturated heterocycles. The van der Waals surface area contributed by atoms with Gasteiger partial charge in [0.05, 0.1) is 16.7 Å². The van der Waals surface area contributed by atoms with Crippen LogP contribution in [0, 0.1) is 0 Å². The Hall–Kier alpha value is -1.55. The van der Waals surface area contributed by atoms with E-state index in [2.05, 4.69) is 53.8 Å². The number of halogens is 2. The highest BCUT2D eigenvalue weighted by molar-refractivity contribution is 6.07. The molecule has 0 spiro atoms. The van der Waals surface area contributed by atoms with Gasteiger partial charge < -0.3 is 11.1 Å². The van der Waals surface area contributed by atoms with Crippen LogP contribution in [0.4, 0.5) is 5.69 Å².